The third kappa shape index (κ3) is 3.15. The van der Waals surface area contributed by atoms with Crippen LogP contribution in [0.25, 0.3) is 0 Å². The molecule has 28 heavy (non-hydrogen) atoms. The van der Waals surface area contributed by atoms with Crippen LogP contribution in [0.3, 0.4) is 0 Å². The zero-order valence-electron chi connectivity index (χ0n) is 16.2. The number of carbonyl (C=O) groups is 1. The number of fused-ring (bicyclic) bond motifs is 2. The number of hydrogen-bond acceptors (Lipinski definition) is 6. The van der Waals surface area contributed by atoms with E-state index in [4.69, 9.17) is 4.74 Å². The summed E-state index contributed by atoms with van der Waals surface area (Å²) in [6.45, 7) is 3.68. The molecule has 0 radical (unpaired) electrons. The third-order valence-corrected chi connectivity index (χ3v) is 6.42. The second-order valence-electron chi connectivity index (χ2n) is 8.24. The van der Waals surface area contributed by atoms with Crippen LogP contribution in [0, 0.1) is 11.8 Å². The number of rotatable bonds is 5. The first-order chi connectivity index (χ1) is 13.7. The molecule has 8 nitrogen and oxygen atoms in total. The monoisotopic (exact) mass is 382 g/mol. The minimum absolute atomic E-state index is 0.0724. The van der Waals surface area contributed by atoms with Gasteiger partial charge in [0.25, 0.3) is 5.91 Å². The van der Waals surface area contributed by atoms with Crippen LogP contribution in [0.5, 0.6) is 5.88 Å². The van der Waals surface area contributed by atoms with E-state index in [0.717, 1.165) is 56.8 Å². The van der Waals surface area contributed by atoms with Crippen molar-refractivity contribution in [1.82, 2.24) is 30.0 Å². The van der Waals surface area contributed by atoms with Gasteiger partial charge in [0.2, 0.25) is 11.7 Å². The predicted molar refractivity (Wildman–Crippen MR) is 102 cm³/mol. The van der Waals surface area contributed by atoms with Crippen molar-refractivity contribution < 1.29 is 9.53 Å². The molecule has 2 atom stereocenters. The molecule has 1 amide bonds. The third-order valence-electron chi connectivity index (χ3n) is 6.42. The molecule has 1 aliphatic carbocycles. The molecule has 5 rings (SSSR count). The number of hydrogen-bond donors (Lipinski definition) is 1. The normalized spacial score (nSPS) is 24.3. The summed E-state index contributed by atoms with van der Waals surface area (Å²) in [5.74, 6) is 3.12. The molecule has 1 saturated heterocycles. The van der Waals surface area contributed by atoms with Crippen molar-refractivity contribution in [2.45, 2.75) is 44.8 Å². The zero-order chi connectivity index (χ0) is 19.1. The number of methoxy groups -OCH3 is 1. The van der Waals surface area contributed by atoms with Crippen molar-refractivity contribution in [3.63, 3.8) is 0 Å². The molecule has 2 aliphatic heterocycles. The van der Waals surface area contributed by atoms with Crippen LogP contribution in [0.15, 0.2) is 18.3 Å². The highest BCUT2D eigenvalue weighted by Crippen LogP contribution is 2.34. The first-order valence-electron chi connectivity index (χ1n) is 10.1. The van der Waals surface area contributed by atoms with Gasteiger partial charge in [0.1, 0.15) is 5.82 Å². The Balaban J connectivity index is 1.27. The number of likely N-dealkylation sites (tertiary alicyclic amines) is 1. The number of pyridine rings is 1. The first-order valence-corrected chi connectivity index (χ1v) is 10.1. The van der Waals surface area contributed by atoms with E-state index in [-0.39, 0.29) is 5.91 Å². The van der Waals surface area contributed by atoms with Gasteiger partial charge < -0.3 is 14.6 Å². The molecule has 0 bridgehead atoms. The maximum atomic E-state index is 12.6. The van der Waals surface area contributed by atoms with Gasteiger partial charge in [-0.25, -0.2) is 4.98 Å². The summed E-state index contributed by atoms with van der Waals surface area (Å²) >= 11 is 0. The van der Waals surface area contributed by atoms with Gasteiger partial charge in [0, 0.05) is 50.4 Å². The fourth-order valence-corrected chi connectivity index (χ4v) is 4.69. The van der Waals surface area contributed by atoms with Gasteiger partial charge in [0.05, 0.1) is 7.11 Å². The molecule has 1 saturated carbocycles. The van der Waals surface area contributed by atoms with Crippen LogP contribution in [-0.4, -0.2) is 56.8 Å². The second-order valence-corrected chi connectivity index (χ2v) is 8.24. The van der Waals surface area contributed by atoms with Crippen LogP contribution in [0.2, 0.25) is 0 Å². The van der Waals surface area contributed by atoms with Gasteiger partial charge >= 0.3 is 0 Å². The Morgan fingerprint density at radius 1 is 1.25 bits per heavy atom. The molecule has 1 N–H and O–H groups in total. The SMILES string of the molecule is COc1ncccc1CN1C[C@@H]2Cc3nnc(C(=O)NC4CCC4)n3C[C@@H]2C1. The van der Waals surface area contributed by atoms with E-state index in [1.165, 1.54) is 6.42 Å². The summed E-state index contributed by atoms with van der Waals surface area (Å²) in [4.78, 5) is 19.3. The number of nitrogens with one attached hydrogen (secondary N) is 1. The molecular weight excluding hydrogens is 356 g/mol. The summed E-state index contributed by atoms with van der Waals surface area (Å²) in [5.41, 5.74) is 1.11. The quantitative estimate of drug-likeness (QED) is 0.838. The molecule has 2 aromatic heterocycles. The Labute approximate surface area is 164 Å². The summed E-state index contributed by atoms with van der Waals surface area (Å²) in [5, 5.41) is 11.6. The van der Waals surface area contributed by atoms with Crippen LogP contribution in [-0.2, 0) is 19.5 Å². The molecular formula is C20H26N6O2. The van der Waals surface area contributed by atoms with Crippen LogP contribution < -0.4 is 10.1 Å². The molecule has 148 valence electrons. The van der Waals surface area contributed by atoms with Crippen molar-refractivity contribution in [2.75, 3.05) is 20.2 Å². The fourth-order valence-electron chi connectivity index (χ4n) is 4.69. The molecule has 0 aromatic carbocycles. The molecule has 2 aromatic rings. The summed E-state index contributed by atoms with van der Waals surface area (Å²) in [7, 11) is 1.66. The Bertz CT molecular complexity index is 877. The fraction of sp³-hybridized carbons (Fsp3) is 0.600. The number of nitrogens with zero attached hydrogens (tertiary/aromatic N) is 5. The minimum atomic E-state index is -0.0724. The Kier molecular flexibility index (Phi) is 4.50. The number of aromatic nitrogens is 4. The summed E-state index contributed by atoms with van der Waals surface area (Å²) in [6.07, 6.45) is 5.99. The van der Waals surface area contributed by atoms with Crippen molar-refractivity contribution in [3.05, 3.63) is 35.5 Å². The number of ether oxygens (including phenoxy) is 1. The lowest BCUT2D eigenvalue weighted by Crippen LogP contribution is -2.41. The van der Waals surface area contributed by atoms with Crippen molar-refractivity contribution >= 4 is 5.91 Å². The second kappa shape index (κ2) is 7.16. The van der Waals surface area contributed by atoms with E-state index in [1.54, 1.807) is 13.3 Å². The highest BCUT2D eigenvalue weighted by molar-refractivity contribution is 5.91. The summed E-state index contributed by atoms with van der Waals surface area (Å²) in [6, 6.07) is 4.34. The molecule has 3 aliphatic rings. The Morgan fingerprint density at radius 3 is 2.89 bits per heavy atom. The van der Waals surface area contributed by atoms with Crippen molar-refractivity contribution in [1.29, 1.82) is 0 Å². The lowest BCUT2D eigenvalue weighted by atomic mass is 9.89. The van der Waals surface area contributed by atoms with Crippen molar-refractivity contribution in [3.8, 4) is 5.88 Å². The van der Waals surface area contributed by atoms with Gasteiger partial charge in [-0.3, -0.25) is 9.69 Å². The van der Waals surface area contributed by atoms with E-state index in [2.05, 4.69) is 31.5 Å². The molecule has 2 fully saturated rings. The molecule has 8 heteroatoms. The molecule has 0 unspecified atom stereocenters. The zero-order valence-corrected chi connectivity index (χ0v) is 16.2. The van der Waals surface area contributed by atoms with E-state index < -0.39 is 0 Å². The van der Waals surface area contributed by atoms with Gasteiger partial charge in [-0.1, -0.05) is 6.07 Å². The lowest BCUT2D eigenvalue weighted by molar-refractivity contribution is 0.0898. The van der Waals surface area contributed by atoms with Gasteiger partial charge in [-0.2, -0.15) is 0 Å². The number of carbonyl (C=O) groups excluding carboxylic acids is 1. The lowest BCUT2D eigenvalue weighted by Gasteiger charge is -2.28. The predicted octanol–water partition coefficient (Wildman–Crippen LogP) is 1.27. The smallest absolute Gasteiger partial charge is 0.289 e. The van der Waals surface area contributed by atoms with E-state index >= 15 is 0 Å². The number of amides is 1. The van der Waals surface area contributed by atoms with E-state index in [1.807, 2.05) is 10.6 Å². The van der Waals surface area contributed by atoms with E-state index in [0.29, 0.717) is 29.6 Å². The first kappa shape index (κ1) is 17.6. The van der Waals surface area contributed by atoms with Crippen LogP contribution >= 0.6 is 0 Å². The Morgan fingerprint density at radius 2 is 2.11 bits per heavy atom. The van der Waals surface area contributed by atoms with Gasteiger partial charge in [0.15, 0.2) is 0 Å². The van der Waals surface area contributed by atoms with Gasteiger partial charge in [-0.05, 0) is 37.2 Å². The topological polar surface area (TPSA) is 85.2 Å². The Hall–Kier alpha value is -2.48. The average Bonchev–Trinajstić information content (AvgIpc) is 3.25. The van der Waals surface area contributed by atoms with Crippen molar-refractivity contribution in [2.24, 2.45) is 11.8 Å². The van der Waals surface area contributed by atoms with Crippen LogP contribution in [0.1, 0.15) is 41.3 Å². The average molecular weight is 382 g/mol. The summed E-state index contributed by atoms with van der Waals surface area (Å²) < 4.78 is 7.44. The van der Waals surface area contributed by atoms with E-state index in [9.17, 15) is 4.79 Å². The van der Waals surface area contributed by atoms with Gasteiger partial charge in [-0.15, -0.1) is 10.2 Å². The molecule has 0 spiro atoms. The minimum Gasteiger partial charge on any atom is -0.481 e. The maximum Gasteiger partial charge on any atom is 0.289 e. The highest BCUT2D eigenvalue weighted by atomic mass is 16.5. The molecule has 4 heterocycles. The maximum absolute atomic E-state index is 12.6. The highest BCUT2D eigenvalue weighted by Gasteiger charge is 2.39. The largest absolute Gasteiger partial charge is 0.481 e. The van der Waals surface area contributed by atoms with Crippen LogP contribution in [0.4, 0.5) is 0 Å². The standard InChI is InChI=1S/C20H26N6O2/c1-28-20-13(4-3-7-21-20)9-25-10-14-8-17-23-24-18(26(17)12-15(14)11-25)19(27)22-16-5-2-6-16/h3-4,7,14-16H,2,5-6,8-12H2,1H3,(H,22,27)/t14-,15-/m0/s1.